The summed E-state index contributed by atoms with van der Waals surface area (Å²) in [5.74, 6) is 0. The fraction of sp³-hybridized carbons (Fsp3) is 0.231. The normalized spacial score (nSPS) is 10.7. The summed E-state index contributed by atoms with van der Waals surface area (Å²) in [6, 6.07) is 11.0. The van der Waals surface area contributed by atoms with Gasteiger partial charge in [0.05, 0.1) is 0 Å². The molecule has 0 saturated heterocycles. The SMILES string of the molecule is Cc1cccc2c(C)cc(C)c-2c1. The highest BCUT2D eigenvalue weighted by Crippen LogP contribution is 2.30. The molecule has 2 rings (SSSR count). The van der Waals surface area contributed by atoms with Crippen LogP contribution in [0.25, 0.3) is 11.1 Å². The fourth-order valence-corrected chi connectivity index (χ4v) is 1.89. The van der Waals surface area contributed by atoms with Crippen molar-refractivity contribution in [3.8, 4) is 11.1 Å². The minimum absolute atomic E-state index is 1.32. The summed E-state index contributed by atoms with van der Waals surface area (Å²) in [5, 5.41) is 0. The Morgan fingerprint density at radius 2 is 1.46 bits per heavy atom. The maximum Gasteiger partial charge on any atom is -0.0149 e. The van der Waals surface area contributed by atoms with Crippen molar-refractivity contribution in [2.24, 2.45) is 0 Å². The molecular formula is C13H14. The van der Waals surface area contributed by atoms with Crippen LogP contribution < -0.4 is 0 Å². The number of hydrogen-bond donors (Lipinski definition) is 0. The number of aryl methyl sites for hydroxylation is 3. The van der Waals surface area contributed by atoms with E-state index in [1.807, 2.05) is 0 Å². The molecule has 2 aliphatic carbocycles. The minimum atomic E-state index is 1.32. The smallest absolute Gasteiger partial charge is 0.0149 e. The molecule has 0 saturated carbocycles. The van der Waals surface area contributed by atoms with Gasteiger partial charge in [-0.3, -0.25) is 0 Å². The van der Waals surface area contributed by atoms with Gasteiger partial charge in [-0.1, -0.05) is 35.9 Å². The summed E-state index contributed by atoms with van der Waals surface area (Å²) in [6.07, 6.45) is 0. The summed E-state index contributed by atoms with van der Waals surface area (Å²) in [4.78, 5) is 0. The third-order valence-electron chi connectivity index (χ3n) is 2.57. The van der Waals surface area contributed by atoms with Gasteiger partial charge in [-0.15, -0.1) is 0 Å². The van der Waals surface area contributed by atoms with Crippen LogP contribution in [-0.4, -0.2) is 0 Å². The Balaban J connectivity index is 2.80. The predicted molar refractivity (Wildman–Crippen MR) is 57.3 cm³/mol. The molecule has 0 N–H and O–H groups in total. The molecule has 0 unspecified atom stereocenters. The summed E-state index contributed by atoms with van der Waals surface area (Å²) in [6.45, 7) is 6.49. The number of hydrogen-bond acceptors (Lipinski definition) is 0. The molecule has 0 amide bonds. The summed E-state index contributed by atoms with van der Waals surface area (Å²) in [7, 11) is 0. The van der Waals surface area contributed by atoms with Gasteiger partial charge in [-0.05, 0) is 43.0 Å². The first-order chi connectivity index (χ1) is 6.18. The van der Waals surface area contributed by atoms with Crippen molar-refractivity contribution in [1.29, 1.82) is 0 Å². The van der Waals surface area contributed by atoms with Crippen molar-refractivity contribution in [1.82, 2.24) is 0 Å². The fourth-order valence-electron chi connectivity index (χ4n) is 1.89. The first-order valence-corrected chi connectivity index (χ1v) is 4.65. The van der Waals surface area contributed by atoms with E-state index in [4.69, 9.17) is 0 Å². The zero-order valence-corrected chi connectivity index (χ0v) is 8.39. The Morgan fingerprint density at radius 3 is 2.23 bits per heavy atom. The second-order valence-corrected chi connectivity index (χ2v) is 3.75. The highest BCUT2D eigenvalue weighted by molar-refractivity contribution is 5.74. The van der Waals surface area contributed by atoms with E-state index < -0.39 is 0 Å². The van der Waals surface area contributed by atoms with Crippen LogP contribution in [0, 0.1) is 20.8 Å². The molecule has 2 aliphatic rings. The highest BCUT2D eigenvalue weighted by atomic mass is 14.1. The molecule has 0 heteroatoms. The van der Waals surface area contributed by atoms with Gasteiger partial charge in [-0.25, -0.2) is 0 Å². The lowest BCUT2D eigenvalue weighted by Crippen LogP contribution is -1.72. The van der Waals surface area contributed by atoms with Crippen molar-refractivity contribution in [2.45, 2.75) is 20.8 Å². The second kappa shape index (κ2) is 2.88. The monoisotopic (exact) mass is 170 g/mol. The van der Waals surface area contributed by atoms with Crippen molar-refractivity contribution in [3.05, 3.63) is 47.0 Å². The van der Waals surface area contributed by atoms with Gasteiger partial charge < -0.3 is 0 Å². The molecule has 66 valence electrons. The van der Waals surface area contributed by atoms with Gasteiger partial charge in [0, 0.05) is 0 Å². The van der Waals surface area contributed by atoms with Crippen LogP contribution in [-0.2, 0) is 0 Å². The van der Waals surface area contributed by atoms with Gasteiger partial charge >= 0.3 is 0 Å². The molecule has 0 fully saturated rings. The second-order valence-electron chi connectivity index (χ2n) is 3.75. The molecule has 0 heterocycles. The molecule has 0 spiro atoms. The predicted octanol–water partition coefficient (Wildman–Crippen LogP) is 3.72. The Labute approximate surface area is 79.6 Å². The Kier molecular flexibility index (Phi) is 1.84. The summed E-state index contributed by atoms with van der Waals surface area (Å²) < 4.78 is 0. The van der Waals surface area contributed by atoms with Crippen LogP contribution in [0.5, 0.6) is 0 Å². The van der Waals surface area contributed by atoms with E-state index in [9.17, 15) is 0 Å². The van der Waals surface area contributed by atoms with Crippen LogP contribution in [0.4, 0.5) is 0 Å². The van der Waals surface area contributed by atoms with Gasteiger partial charge in [-0.2, -0.15) is 0 Å². The molecule has 0 nitrogen and oxygen atoms in total. The van der Waals surface area contributed by atoms with E-state index in [0.717, 1.165) is 0 Å². The highest BCUT2D eigenvalue weighted by Gasteiger charge is 2.08. The van der Waals surface area contributed by atoms with E-state index in [2.05, 4.69) is 51.1 Å². The van der Waals surface area contributed by atoms with Crippen molar-refractivity contribution >= 4 is 0 Å². The zero-order chi connectivity index (χ0) is 9.42. The molecule has 0 aromatic rings. The lowest BCUT2D eigenvalue weighted by Gasteiger charge is -1.95. The summed E-state index contributed by atoms with van der Waals surface area (Å²) in [5.41, 5.74) is 6.85. The minimum Gasteiger partial charge on any atom is -0.0614 e. The van der Waals surface area contributed by atoms with Gasteiger partial charge in [0.2, 0.25) is 0 Å². The quantitative estimate of drug-likeness (QED) is 0.565. The van der Waals surface area contributed by atoms with Gasteiger partial charge in [0.1, 0.15) is 0 Å². The topological polar surface area (TPSA) is 0 Å². The van der Waals surface area contributed by atoms with Crippen LogP contribution in [0.2, 0.25) is 0 Å². The first-order valence-electron chi connectivity index (χ1n) is 4.65. The maximum absolute atomic E-state index is 2.26. The molecule has 0 atom stereocenters. The Bertz CT molecular complexity index is 413. The average Bonchev–Trinajstić information content (AvgIpc) is 2.28. The summed E-state index contributed by atoms with van der Waals surface area (Å²) >= 11 is 0. The maximum atomic E-state index is 2.26. The molecule has 0 aromatic carbocycles. The Morgan fingerprint density at radius 1 is 0.769 bits per heavy atom. The van der Waals surface area contributed by atoms with E-state index >= 15 is 0 Å². The van der Waals surface area contributed by atoms with Crippen LogP contribution in [0.3, 0.4) is 0 Å². The third-order valence-corrected chi connectivity index (χ3v) is 2.57. The van der Waals surface area contributed by atoms with Gasteiger partial charge in [0.25, 0.3) is 0 Å². The van der Waals surface area contributed by atoms with Crippen molar-refractivity contribution < 1.29 is 0 Å². The molecule has 0 aromatic heterocycles. The Hall–Kier alpha value is -1.30. The van der Waals surface area contributed by atoms with Crippen molar-refractivity contribution in [3.63, 3.8) is 0 Å². The average molecular weight is 170 g/mol. The lowest BCUT2D eigenvalue weighted by atomic mass is 10.1. The van der Waals surface area contributed by atoms with Crippen LogP contribution in [0.1, 0.15) is 16.7 Å². The number of fused-ring (bicyclic) bond motifs is 1. The first kappa shape index (κ1) is 8.31. The molecule has 13 heavy (non-hydrogen) atoms. The molecule has 0 aliphatic heterocycles. The molecule has 0 bridgehead atoms. The lowest BCUT2D eigenvalue weighted by molar-refractivity contribution is 1.48. The number of rotatable bonds is 0. The van der Waals surface area contributed by atoms with E-state index in [1.165, 1.54) is 27.8 Å². The standard InChI is InChI=1S/C13H14/c1-9-5-4-6-12-10(2)8-11(3)13(12)7-9/h4-8H,1-3H3. The van der Waals surface area contributed by atoms with Crippen molar-refractivity contribution in [2.75, 3.05) is 0 Å². The van der Waals surface area contributed by atoms with E-state index in [0.29, 0.717) is 0 Å². The zero-order valence-electron chi connectivity index (χ0n) is 8.39. The van der Waals surface area contributed by atoms with Gasteiger partial charge in [0.15, 0.2) is 0 Å². The largest absolute Gasteiger partial charge is 0.0614 e. The molecule has 0 radical (unpaired) electrons. The molecular weight excluding hydrogens is 156 g/mol. The van der Waals surface area contributed by atoms with E-state index in [1.54, 1.807) is 0 Å². The van der Waals surface area contributed by atoms with E-state index in [-0.39, 0.29) is 0 Å². The van der Waals surface area contributed by atoms with Crippen LogP contribution in [0.15, 0.2) is 30.3 Å². The third kappa shape index (κ3) is 1.33. The van der Waals surface area contributed by atoms with Crippen LogP contribution >= 0.6 is 0 Å².